The number of benzene rings is 1. The number of halogens is 1. The van der Waals surface area contributed by atoms with E-state index in [4.69, 9.17) is 21.6 Å². The van der Waals surface area contributed by atoms with Crippen LogP contribution >= 0.6 is 22.9 Å². The first-order valence-electron chi connectivity index (χ1n) is 6.00. The normalized spacial score (nSPS) is 10.2. The average Bonchev–Trinajstić information content (AvgIpc) is 2.81. The van der Waals surface area contributed by atoms with Crippen LogP contribution in [-0.4, -0.2) is 11.6 Å². The topological polar surface area (TPSA) is 45.9 Å². The second kappa shape index (κ2) is 6.55. The summed E-state index contributed by atoms with van der Waals surface area (Å²) in [5.74, 6) is 0.750. The molecule has 0 aliphatic carbocycles. The maximum atomic E-state index is 8.97. The van der Waals surface area contributed by atoms with Gasteiger partial charge < -0.3 is 4.74 Å². The Balaban J connectivity index is 1.93. The van der Waals surface area contributed by atoms with Gasteiger partial charge in [-0.2, -0.15) is 5.26 Å². The van der Waals surface area contributed by atoms with Crippen molar-refractivity contribution >= 4 is 22.9 Å². The molecule has 0 saturated heterocycles. The van der Waals surface area contributed by atoms with Gasteiger partial charge in [0.2, 0.25) is 0 Å². The van der Waals surface area contributed by atoms with E-state index in [2.05, 4.69) is 11.1 Å². The van der Waals surface area contributed by atoms with Crippen molar-refractivity contribution in [1.29, 1.82) is 5.26 Å². The molecular formula is C14H13ClN2OS. The summed E-state index contributed by atoms with van der Waals surface area (Å²) in [5.41, 5.74) is 0.880. The molecule has 1 aromatic carbocycles. The zero-order valence-electron chi connectivity index (χ0n) is 10.5. The number of ether oxygens (including phenoxy) is 1. The van der Waals surface area contributed by atoms with Gasteiger partial charge >= 0.3 is 0 Å². The maximum Gasteiger partial charge on any atom is 0.128 e. The molecular weight excluding hydrogens is 280 g/mol. The number of nitrogens with zero attached hydrogens (tertiary/aromatic N) is 2. The van der Waals surface area contributed by atoms with Crippen molar-refractivity contribution < 1.29 is 4.74 Å². The third kappa shape index (κ3) is 3.69. The summed E-state index contributed by atoms with van der Waals surface area (Å²) < 4.78 is 5.61. The van der Waals surface area contributed by atoms with Gasteiger partial charge in [0.1, 0.15) is 16.7 Å². The highest BCUT2D eigenvalue weighted by atomic mass is 35.5. The molecule has 0 radical (unpaired) electrons. The van der Waals surface area contributed by atoms with Crippen molar-refractivity contribution in [3.63, 3.8) is 0 Å². The van der Waals surface area contributed by atoms with E-state index in [1.54, 1.807) is 6.07 Å². The molecule has 0 N–H and O–H groups in total. The second-order valence-corrected chi connectivity index (χ2v) is 5.42. The van der Waals surface area contributed by atoms with E-state index < -0.39 is 0 Å². The minimum atomic E-state index is 0.530. The fraction of sp³-hybridized carbons (Fsp3) is 0.286. The Morgan fingerprint density at radius 3 is 2.95 bits per heavy atom. The first kappa shape index (κ1) is 13.9. The molecule has 0 saturated carbocycles. The predicted octanol–water partition coefficient (Wildman–Crippen LogP) is 3.85. The molecule has 0 amide bonds. The molecule has 2 aromatic rings. The van der Waals surface area contributed by atoms with E-state index in [1.165, 1.54) is 11.3 Å². The number of nitriles is 1. The fourth-order valence-corrected chi connectivity index (χ4v) is 2.76. The first-order chi connectivity index (χ1) is 9.22. The van der Waals surface area contributed by atoms with Gasteiger partial charge in [0.25, 0.3) is 0 Å². The minimum Gasteiger partial charge on any atom is -0.493 e. The van der Waals surface area contributed by atoms with E-state index in [0.717, 1.165) is 22.9 Å². The summed E-state index contributed by atoms with van der Waals surface area (Å²) in [7, 11) is 0. The smallest absolute Gasteiger partial charge is 0.128 e. The van der Waals surface area contributed by atoms with Crippen LogP contribution in [0.15, 0.2) is 24.3 Å². The average molecular weight is 293 g/mol. The predicted molar refractivity (Wildman–Crippen MR) is 76.9 cm³/mol. The molecule has 1 aromatic heterocycles. The molecule has 0 aliphatic rings. The second-order valence-electron chi connectivity index (χ2n) is 3.90. The zero-order valence-corrected chi connectivity index (χ0v) is 12.1. The van der Waals surface area contributed by atoms with Crippen molar-refractivity contribution in [3.8, 4) is 11.8 Å². The molecule has 19 heavy (non-hydrogen) atoms. The first-order valence-corrected chi connectivity index (χ1v) is 7.19. The molecule has 1 heterocycles. The van der Waals surface area contributed by atoms with Crippen LogP contribution in [0, 0.1) is 11.3 Å². The Hall–Kier alpha value is -1.57. The quantitative estimate of drug-likeness (QED) is 0.841. The summed E-state index contributed by atoms with van der Waals surface area (Å²) in [6, 6.07) is 9.49. The summed E-state index contributed by atoms with van der Waals surface area (Å²) in [6.07, 6.45) is 1.49. The van der Waals surface area contributed by atoms with Crippen molar-refractivity contribution in [3.05, 3.63) is 44.9 Å². The lowest BCUT2D eigenvalue weighted by molar-refractivity contribution is 0.321. The number of rotatable bonds is 5. The van der Waals surface area contributed by atoms with Gasteiger partial charge in [-0.3, -0.25) is 0 Å². The van der Waals surface area contributed by atoms with Crippen LogP contribution in [0.2, 0.25) is 5.02 Å². The Morgan fingerprint density at radius 2 is 2.32 bits per heavy atom. The highest BCUT2D eigenvalue weighted by molar-refractivity contribution is 7.12. The van der Waals surface area contributed by atoms with E-state index in [0.29, 0.717) is 22.9 Å². The number of thiazole rings is 1. The third-order valence-electron chi connectivity index (χ3n) is 2.56. The summed E-state index contributed by atoms with van der Waals surface area (Å²) >= 11 is 7.32. The van der Waals surface area contributed by atoms with Gasteiger partial charge in [-0.25, -0.2) is 4.98 Å². The van der Waals surface area contributed by atoms with E-state index in [9.17, 15) is 0 Å². The van der Waals surface area contributed by atoms with E-state index >= 15 is 0 Å². The number of hydrogen-bond acceptors (Lipinski definition) is 4. The van der Waals surface area contributed by atoms with Crippen molar-refractivity contribution in [2.24, 2.45) is 0 Å². The molecule has 0 unspecified atom stereocenters. The van der Waals surface area contributed by atoms with E-state index in [1.807, 2.05) is 25.1 Å². The summed E-state index contributed by atoms with van der Waals surface area (Å²) in [6.45, 7) is 2.53. The molecule has 5 heteroatoms. The molecule has 0 aliphatic heterocycles. The number of aryl methyl sites for hydroxylation is 1. The van der Waals surface area contributed by atoms with Gasteiger partial charge in [0.05, 0.1) is 17.3 Å². The van der Waals surface area contributed by atoms with Crippen molar-refractivity contribution in [2.45, 2.75) is 19.8 Å². The van der Waals surface area contributed by atoms with Crippen LogP contribution in [0.25, 0.3) is 0 Å². The van der Waals surface area contributed by atoms with Gasteiger partial charge in [0, 0.05) is 11.4 Å². The van der Waals surface area contributed by atoms with Gasteiger partial charge in [0.15, 0.2) is 0 Å². The Bertz CT molecular complexity index is 604. The van der Waals surface area contributed by atoms with E-state index in [-0.39, 0.29) is 0 Å². The van der Waals surface area contributed by atoms with Gasteiger partial charge in [-0.05, 0) is 24.6 Å². The van der Waals surface area contributed by atoms with Gasteiger partial charge in [-0.15, -0.1) is 11.3 Å². The number of aromatic nitrogens is 1. The van der Waals surface area contributed by atoms with Crippen LogP contribution in [0.4, 0.5) is 0 Å². The third-order valence-corrected chi connectivity index (χ3v) is 3.86. The Labute approximate surface area is 121 Å². The molecule has 98 valence electrons. The van der Waals surface area contributed by atoms with Crippen LogP contribution in [-0.2, 0) is 12.8 Å². The lowest BCUT2D eigenvalue weighted by Crippen LogP contribution is -2.01. The Morgan fingerprint density at radius 1 is 1.47 bits per heavy atom. The number of hydrogen-bond donors (Lipinski definition) is 0. The largest absolute Gasteiger partial charge is 0.493 e. The lowest BCUT2D eigenvalue weighted by Gasteiger charge is -2.04. The fourth-order valence-electron chi connectivity index (χ4n) is 1.65. The standard InChI is InChI=1S/C14H13ClN2OS/c1-2-12-13(9-16)19-14(17-12)6-7-18-11-5-3-4-10(15)8-11/h3-5,8H,2,6-7H2,1H3. The molecule has 2 rings (SSSR count). The molecule has 3 nitrogen and oxygen atoms in total. The van der Waals surface area contributed by atoms with Gasteiger partial charge in [-0.1, -0.05) is 24.6 Å². The van der Waals surface area contributed by atoms with Crippen LogP contribution < -0.4 is 4.74 Å². The van der Waals surface area contributed by atoms with Crippen molar-refractivity contribution in [2.75, 3.05) is 6.61 Å². The molecule has 0 fully saturated rings. The monoisotopic (exact) mass is 292 g/mol. The lowest BCUT2D eigenvalue weighted by atomic mass is 10.3. The summed E-state index contributed by atoms with van der Waals surface area (Å²) in [5, 5.41) is 10.6. The SMILES string of the molecule is CCc1nc(CCOc2cccc(Cl)c2)sc1C#N. The molecule has 0 atom stereocenters. The minimum absolute atomic E-state index is 0.530. The molecule has 0 spiro atoms. The summed E-state index contributed by atoms with van der Waals surface area (Å²) in [4.78, 5) is 5.15. The highest BCUT2D eigenvalue weighted by Crippen LogP contribution is 2.20. The van der Waals surface area contributed by atoms with Crippen LogP contribution in [0.3, 0.4) is 0 Å². The Kier molecular flexibility index (Phi) is 4.78. The van der Waals surface area contributed by atoms with Crippen LogP contribution in [0.5, 0.6) is 5.75 Å². The zero-order chi connectivity index (χ0) is 13.7. The van der Waals surface area contributed by atoms with Crippen LogP contribution in [0.1, 0.15) is 22.5 Å². The highest BCUT2D eigenvalue weighted by Gasteiger charge is 2.09. The maximum absolute atomic E-state index is 8.97. The molecule has 0 bridgehead atoms. The van der Waals surface area contributed by atoms with Crippen molar-refractivity contribution in [1.82, 2.24) is 4.98 Å².